The molecule has 28 heavy (non-hydrogen) atoms. The van der Waals surface area contributed by atoms with Gasteiger partial charge in [-0.05, 0) is 42.3 Å². The normalized spacial score (nSPS) is 11.7. The number of halogens is 1. The molecule has 3 N–H and O–H groups in total. The van der Waals surface area contributed by atoms with Crippen molar-refractivity contribution in [1.29, 1.82) is 0 Å². The standard InChI is InChI=1S/C21H19ClN2O3S/c1-13-7-8-15(22)11-17(13)24-21(27)20(26)23-12-16-9-10-18(28-16)19(25)14-5-3-2-4-6-14/h2-11,19,25H,12H2,1H3,(H,23,26)(H,24,27). The molecule has 0 radical (unpaired) electrons. The molecule has 0 saturated carbocycles. The molecule has 1 aromatic heterocycles. The average molecular weight is 415 g/mol. The number of hydrogen-bond acceptors (Lipinski definition) is 4. The maximum absolute atomic E-state index is 12.1. The summed E-state index contributed by atoms with van der Waals surface area (Å²) in [5, 5.41) is 16.1. The fraction of sp³-hybridized carbons (Fsp3) is 0.143. The Bertz CT molecular complexity index is 988. The number of rotatable bonds is 5. The first-order valence-corrected chi connectivity index (χ1v) is 9.80. The van der Waals surface area contributed by atoms with Gasteiger partial charge in [0.25, 0.3) is 0 Å². The van der Waals surface area contributed by atoms with Crippen molar-refractivity contribution in [2.75, 3.05) is 5.32 Å². The molecule has 3 rings (SSSR count). The van der Waals surface area contributed by atoms with Crippen molar-refractivity contribution in [2.45, 2.75) is 19.6 Å². The van der Waals surface area contributed by atoms with E-state index in [1.54, 1.807) is 18.2 Å². The van der Waals surface area contributed by atoms with E-state index in [9.17, 15) is 14.7 Å². The summed E-state index contributed by atoms with van der Waals surface area (Å²) in [5.41, 5.74) is 2.11. The van der Waals surface area contributed by atoms with Crippen LogP contribution < -0.4 is 10.6 Å². The third kappa shape index (κ3) is 4.98. The van der Waals surface area contributed by atoms with Crippen molar-refractivity contribution in [3.8, 4) is 0 Å². The van der Waals surface area contributed by atoms with Gasteiger partial charge in [-0.3, -0.25) is 9.59 Å². The third-order valence-corrected chi connectivity index (χ3v) is 5.52. The lowest BCUT2D eigenvalue weighted by Gasteiger charge is -2.09. The predicted molar refractivity (Wildman–Crippen MR) is 111 cm³/mol. The smallest absolute Gasteiger partial charge is 0.313 e. The van der Waals surface area contributed by atoms with Gasteiger partial charge in [-0.25, -0.2) is 0 Å². The number of thiophene rings is 1. The van der Waals surface area contributed by atoms with Crippen LogP contribution >= 0.6 is 22.9 Å². The molecule has 0 aliphatic heterocycles. The molecular weight excluding hydrogens is 396 g/mol. The van der Waals surface area contributed by atoms with Crippen LogP contribution in [-0.2, 0) is 16.1 Å². The molecule has 144 valence electrons. The molecule has 1 unspecified atom stereocenters. The van der Waals surface area contributed by atoms with Gasteiger partial charge in [-0.2, -0.15) is 0 Å². The topological polar surface area (TPSA) is 78.4 Å². The van der Waals surface area contributed by atoms with Crippen LogP contribution in [0.25, 0.3) is 0 Å². The SMILES string of the molecule is Cc1ccc(Cl)cc1NC(=O)C(=O)NCc1ccc(C(O)c2ccccc2)s1. The number of nitrogens with one attached hydrogen (secondary N) is 2. The minimum absolute atomic E-state index is 0.201. The van der Waals surface area contributed by atoms with E-state index in [4.69, 9.17) is 11.6 Å². The molecule has 2 aromatic carbocycles. The molecule has 0 saturated heterocycles. The van der Waals surface area contributed by atoms with Crippen LogP contribution in [0.2, 0.25) is 5.02 Å². The summed E-state index contributed by atoms with van der Waals surface area (Å²) >= 11 is 7.31. The van der Waals surface area contributed by atoms with Crippen molar-refractivity contribution in [1.82, 2.24) is 5.32 Å². The van der Waals surface area contributed by atoms with Crippen molar-refractivity contribution in [3.05, 3.63) is 86.6 Å². The molecule has 0 fully saturated rings. The number of benzene rings is 2. The number of carbonyl (C=O) groups excluding carboxylic acids is 2. The molecule has 0 aliphatic carbocycles. The molecular formula is C21H19ClN2O3S. The zero-order chi connectivity index (χ0) is 20.1. The Morgan fingerprint density at radius 3 is 2.57 bits per heavy atom. The summed E-state index contributed by atoms with van der Waals surface area (Å²) in [7, 11) is 0. The number of anilines is 1. The van der Waals surface area contributed by atoms with Gasteiger partial charge in [0.2, 0.25) is 0 Å². The van der Waals surface area contributed by atoms with Gasteiger partial charge in [-0.1, -0.05) is 48.0 Å². The van der Waals surface area contributed by atoms with Crippen LogP contribution in [0.3, 0.4) is 0 Å². The molecule has 1 atom stereocenters. The molecule has 0 aliphatic rings. The van der Waals surface area contributed by atoms with E-state index in [2.05, 4.69) is 10.6 Å². The molecule has 5 nitrogen and oxygen atoms in total. The van der Waals surface area contributed by atoms with E-state index in [0.29, 0.717) is 10.7 Å². The van der Waals surface area contributed by atoms with Crippen LogP contribution in [0.15, 0.2) is 60.7 Å². The molecule has 0 bridgehead atoms. The van der Waals surface area contributed by atoms with Crippen LogP contribution in [0, 0.1) is 6.92 Å². The molecule has 3 aromatic rings. The monoisotopic (exact) mass is 414 g/mol. The van der Waals surface area contributed by atoms with Crippen LogP contribution in [-0.4, -0.2) is 16.9 Å². The summed E-state index contributed by atoms with van der Waals surface area (Å²) in [5.74, 6) is -1.50. The Balaban J connectivity index is 1.57. The van der Waals surface area contributed by atoms with E-state index in [1.165, 1.54) is 11.3 Å². The average Bonchev–Trinajstić information content (AvgIpc) is 3.18. The largest absolute Gasteiger partial charge is 0.383 e. The summed E-state index contributed by atoms with van der Waals surface area (Å²) in [6, 6.07) is 18.1. The molecule has 0 spiro atoms. The van der Waals surface area contributed by atoms with Gasteiger partial charge in [0.05, 0.1) is 6.54 Å². The third-order valence-electron chi connectivity index (χ3n) is 4.14. The Morgan fingerprint density at radius 1 is 1.07 bits per heavy atom. The first-order valence-electron chi connectivity index (χ1n) is 8.61. The lowest BCUT2D eigenvalue weighted by atomic mass is 10.1. The zero-order valence-corrected chi connectivity index (χ0v) is 16.7. The number of aliphatic hydroxyl groups excluding tert-OH is 1. The predicted octanol–water partition coefficient (Wildman–Crippen LogP) is 4.05. The van der Waals surface area contributed by atoms with Crippen LogP contribution in [0.4, 0.5) is 5.69 Å². The van der Waals surface area contributed by atoms with Crippen LogP contribution in [0.1, 0.15) is 27.0 Å². The highest BCUT2D eigenvalue weighted by atomic mass is 35.5. The summed E-state index contributed by atoms with van der Waals surface area (Å²) < 4.78 is 0. The summed E-state index contributed by atoms with van der Waals surface area (Å²) in [4.78, 5) is 25.8. The van der Waals surface area contributed by atoms with E-state index in [1.807, 2.05) is 49.4 Å². The van der Waals surface area contributed by atoms with Gasteiger partial charge in [0.15, 0.2) is 0 Å². The number of aryl methyl sites for hydroxylation is 1. The number of aliphatic hydroxyl groups is 1. The van der Waals surface area contributed by atoms with Gasteiger partial charge >= 0.3 is 11.8 Å². The second kappa shape index (κ2) is 9.01. The first kappa shape index (κ1) is 20.1. The van der Waals surface area contributed by atoms with Crippen LogP contribution in [0.5, 0.6) is 0 Å². The highest BCUT2D eigenvalue weighted by Gasteiger charge is 2.16. The summed E-state index contributed by atoms with van der Waals surface area (Å²) in [6.45, 7) is 2.02. The molecule has 2 amide bonds. The minimum atomic E-state index is -0.758. The lowest BCUT2D eigenvalue weighted by molar-refractivity contribution is -0.136. The van der Waals surface area contributed by atoms with Crippen molar-refractivity contribution in [2.24, 2.45) is 0 Å². The highest BCUT2D eigenvalue weighted by Crippen LogP contribution is 2.28. The Morgan fingerprint density at radius 2 is 1.82 bits per heavy atom. The summed E-state index contributed by atoms with van der Waals surface area (Å²) in [6.07, 6.45) is -0.718. The van der Waals surface area contributed by atoms with E-state index in [0.717, 1.165) is 20.9 Å². The maximum Gasteiger partial charge on any atom is 0.313 e. The fourth-order valence-corrected chi connectivity index (χ4v) is 3.73. The van der Waals surface area contributed by atoms with Gasteiger partial charge in [0.1, 0.15) is 6.10 Å². The molecule has 1 heterocycles. The zero-order valence-electron chi connectivity index (χ0n) is 15.1. The molecule has 7 heteroatoms. The Hall–Kier alpha value is -2.67. The Labute approximate surface area is 172 Å². The minimum Gasteiger partial charge on any atom is -0.383 e. The lowest BCUT2D eigenvalue weighted by Crippen LogP contribution is -2.34. The number of amides is 2. The van der Waals surface area contributed by atoms with Crippen molar-refractivity contribution in [3.63, 3.8) is 0 Å². The van der Waals surface area contributed by atoms with Gasteiger partial charge < -0.3 is 15.7 Å². The Kier molecular flexibility index (Phi) is 6.46. The second-order valence-electron chi connectivity index (χ2n) is 6.21. The van der Waals surface area contributed by atoms with E-state index in [-0.39, 0.29) is 6.54 Å². The second-order valence-corrected chi connectivity index (χ2v) is 7.85. The van der Waals surface area contributed by atoms with Crippen molar-refractivity contribution >= 4 is 40.4 Å². The van der Waals surface area contributed by atoms with Crippen molar-refractivity contribution < 1.29 is 14.7 Å². The van der Waals surface area contributed by atoms with Gasteiger partial charge in [0, 0.05) is 20.5 Å². The number of carbonyl (C=O) groups is 2. The maximum atomic E-state index is 12.1. The quantitative estimate of drug-likeness (QED) is 0.551. The first-order chi connectivity index (χ1) is 13.4. The highest BCUT2D eigenvalue weighted by molar-refractivity contribution is 7.12. The van der Waals surface area contributed by atoms with E-state index < -0.39 is 17.9 Å². The number of hydrogen-bond donors (Lipinski definition) is 3. The fourth-order valence-electron chi connectivity index (χ4n) is 2.59. The van der Waals surface area contributed by atoms with Gasteiger partial charge in [-0.15, -0.1) is 11.3 Å². The van der Waals surface area contributed by atoms with E-state index >= 15 is 0 Å².